The minimum Gasteiger partial charge on any atom is -0.352 e. The predicted molar refractivity (Wildman–Crippen MR) is 106 cm³/mol. The molecule has 0 aromatic heterocycles. The van der Waals surface area contributed by atoms with Crippen molar-refractivity contribution in [1.82, 2.24) is 9.62 Å². The van der Waals surface area contributed by atoms with E-state index in [9.17, 15) is 17.6 Å². The Labute approximate surface area is 165 Å². The van der Waals surface area contributed by atoms with Gasteiger partial charge in [0, 0.05) is 19.6 Å². The van der Waals surface area contributed by atoms with E-state index in [0.29, 0.717) is 19.4 Å². The van der Waals surface area contributed by atoms with E-state index in [-0.39, 0.29) is 29.7 Å². The zero-order valence-electron chi connectivity index (χ0n) is 16.1. The summed E-state index contributed by atoms with van der Waals surface area (Å²) in [5.41, 5.74) is 0.969. The van der Waals surface area contributed by atoms with Crippen molar-refractivity contribution in [2.24, 2.45) is 5.41 Å². The molecule has 1 aliphatic heterocycles. The van der Waals surface area contributed by atoms with Gasteiger partial charge in [-0.25, -0.2) is 12.8 Å². The number of nitrogens with zero attached hydrogens (tertiary/aromatic N) is 1. The highest BCUT2D eigenvalue weighted by Crippen LogP contribution is 2.33. The number of benzene rings is 2. The maximum absolute atomic E-state index is 13.0. The molecule has 1 heterocycles. The van der Waals surface area contributed by atoms with Crippen molar-refractivity contribution in [2.75, 3.05) is 13.1 Å². The van der Waals surface area contributed by atoms with E-state index in [0.717, 1.165) is 11.1 Å². The van der Waals surface area contributed by atoms with E-state index < -0.39 is 15.4 Å². The summed E-state index contributed by atoms with van der Waals surface area (Å²) in [6.07, 6.45) is 1.23. The number of carbonyl (C=O) groups excluding carboxylic acids is 1. The average Bonchev–Trinajstić information content (AvgIpc) is 2.67. The summed E-state index contributed by atoms with van der Waals surface area (Å²) in [6.45, 7) is 4.51. The number of amides is 1. The first-order valence-electron chi connectivity index (χ1n) is 9.30. The molecule has 0 radical (unpaired) electrons. The minimum absolute atomic E-state index is 0.137. The predicted octanol–water partition coefficient (Wildman–Crippen LogP) is 3.24. The molecule has 0 bridgehead atoms. The summed E-state index contributed by atoms with van der Waals surface area (Å²) in [5.74, 6) is -0.521. The molecule has 2 aromatic rings. The molecular weight excluding hydrogens is 379 g/mol. The van der Waals surface area contributed by atoms with Crippen molar-refractivity contribution >= 4 is 15.9 Å². The molecule has 0 aliphatic carbocycles. The zero-order chi connectivity index (χ0) is 20.4. The molecule has 1 atom stereocenters. The molecule has 0 spiro atoms. The third-order valence-electron chi connectivity index (χ3n) is 5.23. The van der Waals surface area contributed by atoms with E-state index in [4.69, 9.17) is 0 Å². The van der Waals surface area contributed by atoms with Crippen LogP contribution in [0.4, 0.5) is 4.39 Å². The van der Waals surface area contributed by atoms with E-state index in [2.05, 4.69) is 5.32 Å². The largest absolute Gasteiger partial charge is 0.352 e. The second-order valence-corrected chi connectivity index (χ2v) is 9.56. The Balaban J connectivity index is 1.70. The minimum atomic E-state index is -3.64. The molecule has 1 amide bonds. The van der Waals surface area contributed by atoms with Crippen LogP contribution in [-0.2, 0) is 21.4 Å². The summed E-state index contributed by atoms with van der Waals surface area (Å²) < 4.78 is 40.4. The Morgan fingerprint density at radius 3 is 2.43 bits per heavy atom. The molecule has 28 heavy (non-hydrogen) atoms. The van der Waals surface area contributed by atoms with Crippen LogP contribution in [0.15, 0.2) is 53.4 Å². The van der Waals surface area contributed by atoms with Crippen LogP contribution in [0.3, 0.4) is 0 Å². The highest BCUT2D eigenvalue weighted by atomic mass is 32.2. The van der Waals surface area contributed by atoms with Crippen molar-refractivity contribution in [2.45, 2.75) is 38.1 Å². The standard InChI is InChI=1S/C21H25FN2O3S/c1-16-4-10-19(11-5-16)28(26,27)24-13-3-12-21(2,15-24)20(25)23-14-17-6-8-18(22)9-7-17/h4-11H,3,12-15H2,1-2H3,(H,23,25)/t21-/m0/s1. The fourth-order valence-corrected chi connectivity index (χ4v) is 5.04. The van der Waals surface area contributed by atoms with Gasteiger partial charge in [-0.15, -0.1) is 0 Å². The maximum atomic E-state index is 13.0. The molecule has 2 aromatic carbocycles. The fourth-order valence-electron chi connectivity index (χ4n) is 3.44. The number of sulfonamides is 1. The Morgan fingerprint density at radius 1 is 1.14 bits per heavy atom. The second-order valence-electron chi connectivity index (χ2n) is 7.63. The summed E-state index contributed by atoms with van der Waals surface area (Å²) >= 11 is 0. The SMILES string of the molecule is Cc1ccc(S(=O)(=O)N2CCC[C@](C)(C(=O)NCc3ccc(F)cc3)C2)cc1. The molecule has 150 valence electrons. The third-order valence-corrected chi connectivity index (χ3v) is 7.09. The lowest BCUT2D eigenvalue weighted by atomic mass is 9.82. The molecule has 5 nitrogen and oxygen atoms in total. The number of nitrogens with one attached hydrogen (secondary N) is 1. The molecule has 1 fully saturated rings. The number of hydrogen-bond acceptors (Lipinski definition) is 3. The smallest absolute Gasteiger partial charge is 0.243 e. The molecule has 1 saturated heterocycles. The van der Waals surface area contributed by atoms with Gasteiger partial charge in [-0.1, -0.05) is 29.8 Å². The van der Waals surface area contributed by atoms with Crippen molar-refractivity contribution in [1.29, 1.82) is 0 Å². The van der Waals surface area contributed by atoms with Crippen LogP contribution in [0.2, 0.25) is 0 Å². The normalized spacial score (nSPS) is 20.7. The van der Waals surface area contributed by atoms with Crippen LogP contribution in [0.1, 0.15) is 30.9 Å². The number of piperidine rings is 1. The lowest BCUT2D eigenvalue weighted by molar-refractivity contribution is -0.132. The number of rotatable bonds is 5. The van der Waals surface area contributed by atoms with E-state index in [1.807, 2.05) is 6.92 Å². The monoisotopic (exact) mass is 404 g/mol. The fraction of sp³-hybridized carbons (Fsp3) is 0.381. The van der Waals surface area contributed by atoms with Crippen molar-refractivity contribution in [3.8, 4) is 0 Å². The zero-order valence-corrected chi connectivity index (χ0v) is 16.9. The molecular formula is C21H25FN2O3S. The first kappa shape index (κ1) is 20.5. The van der Waals surface area contributed by atoms with E-state index >= 15 is 0 Å². The molecule has 1 aliphatic rings. The van der Waals surface area contributed by atoms with Crippen LogP contribution >= 0.6 is 0 Å². The van der Waals surface area contributed by atoms with E-state index in [1.165, 1.54) is 16.4 Å². The first-order chi connectivity index (χ1) is 13.2. The lowest BCUT2D eigenvalue weighted by Crippen LogP contribution is -2.51. The van der Waals surface area contributed by atoms with E-state index in [1.54, 1.807) is 43.3 Å². The quantitative estimate of drug-likeness (QED) is 0.832. The molecule has 3 rings (SSSR count). The van der Waals surface area contributed by atoms with Gasteiger partial charge in [0.05, 0.1) is 10.3 Å². The van der Waals surface area contributed by atoms with Gasteiger partial charge in [0.2, 0.25) is 15.9 Å². The molecule has 0 saturated carbocycles. The van der Waals surface area contributed by atoms with Gasteiger partial charge in [-0.3, -0.25) is 4.79 Å². The molecule has 7 heteroatoms. The Kier molecular flexibility index (Phi) is 5.86. The summed E-state index contributed by atoms with van der Waals surface area (Å²) in [5, 5.41) is 2.86. The summed E-state index contributed by atoms with van der Waals surface area (Å²) in [7, 11) is -3.64. The first-order valence-corrected chi connectivity index (χ1v) is 10.7. The molecule has 1 N–H and O–H groups in total. The van der Waals surface area contributed by atoms with Gasteiger partial charge in [-0.2, -0.15) is 4.31 Å². The second kappa shape index (κ2) is 8.01. The number of hydrogen-bond donors (Lipinski definition) is 1. The Bertz CT molecular complexity index is 943. The Hall–Kier alpha value is -2.25. The average molecular weight is 405 g/mol. The van der Waals surface area contributed by atoms with Gasteiger partial charge in [0.25, 0.3) is 0 Å². The summed E-state index contributed by atoms with van der Waals surface area (Å²) in [6, 6.07) is 12.7. The highest BCUT2D eigenvalue weighted by Gasteiger charge is 2.41. The third kappa shape index (κ3) is 4.42. The van der Waals surface area contributed by atoms with Gasteiger partial charge in [-0.05, 0) is 56.5 Å². The van der Waals surface area contributed by atoms with Gasteiger partial charge < -0.3 is 5.32 Å². The van der Waals surface area contributed by atoms with Crippen LogP contribution in [0.25, 0.3) is 0 Å². The van der Waals surface area contributed by atoms with Crippen molar-refractivity contribution in [3.63, 3.8) is 0 Å². The number of carbonyl (C=O) groups is 1. The molecule has 0 unspecified atom stereocenters. The number of aryl methyl sites for hydroxylation is 1. The topological polar surface area (TPSA) is 66.5 Å². The van der Waals surface area contributed by atoms with Crippen molar-refractivity contribution < 1.29 is 17.6 Å². The van der Waals surface area contributed by atoms with Crippen LogP contribution in [-0.4, -0.2) is 31.7 Å². The van der Waals surface area contributed by atoms with Gasteiger partial charge >= 0.3 is 0 Å². The number of halogens is 1. The highest BCUT2D eigenvalue weighted by molar-refractivity contribution is 7.89. The van der Waals surface area contributed by atoms with Crippen LogP contribution in [0.5, 0.6) is 0 Å². The van der Waals surface area contributed by atoms with Crippen molar-refractivity contribution in [3.05, 3.63) is 65.5 Å². The van der Waals surface area contributed by atoms with Gasteiger partial charge in [0.1, 0.15) is 5.82 Å². The summed E-state index contributed by atoms with van der Waals surface area (Å²) in [4.78, 5) is 13.1. The lowest BCUT2D eigenvalue weighted by Gasteiger charge is -2.38. The van der Waals surface area contributed by atoms with Crippen LogP contribution < -0.4 is 5.32 Å². The van der Waals surface area contributed by atoms with Crippen LogP contribution in [0, 0.1) is 18.2 Å². The Morgan fingerprint density at radius 2 is 1.79 bits per heavy atom. The maximum Gasteiger partial charge on any atom is 0.243 e. The van der Waals surface area contributed by atoms with Gasteiger partial charge in [0.15, 0.2) is 0 Å².